The Morgan fingerprint density at radius 1 is 1.31 bits per heavy atom. The normalized spacial score (nSPS) is 19.5. The highest BCUT2D eigenvalue weighted by Gasteiger charge is 2.41. The molecule has 138 valence electrons. The van der Waals surface area contributed by atoms with Crippen LogP contribution in [0.3, 0.4) is 0 Å². The number of hydrogen-bond acceptors (Lipinski definition) is 4. The number of ether oxygens (including phenoxy) is 1. The molecule has 2 unspecified atom stereocenters. The summed E-state index contributed by atoms with van der Waals surface area (Å²) in [6.07, 6.45) is 1.43. The van der Waals surface area contributed by atoms with Gasteiger partial charge in [0.2, 0.25) is 5.91 Å². The number of benzene rings is 1. The van der Waals surface area contributed by atoms with Gasteiger partial charge in [0.15, 0.2) is 5.76 Å². The molecule has 7 heteroatoms. The van der Waals surface area contributed by atoms with Crippen LogP contribution in [0, 0.1) is 11.7 Å². The van der Waals surface area contributed by atoms with E-state index < -0.39 is 5.92 Å². The minimum Gasteiger partial charge on any atom is -0.459 e. The van der Waals surface area contributed by atoms with Crippen LogP contribution in [0.4, 0.5) is 4.39 Å². The minimum atomic E-state index is -0.465. The zero-order chi connectivity index (χ0) is 18.5. The third-order valence-corrected chi connectivity index (χ3v) is 4.56. The van der Waals surface area contributed by atoms with Crippen molar-refractivity contribution < 1.29 is 23.1 Å². The summed E-state index contributed by atoms with van der Waals surface area (Å²) in [4.78, 5) is 26.8. The fourth-order valence-corrected chi connectivity index (χ4v) is 3.27. The number of carbonyl (C=O) groups is 2. The van der Waals surface area contributed by atoms with Gasteiger partial charge in [-0.3, -0.25) is 9.59 Å². The Morgan fingerprint density at radius 2 is 2.15 bits per heavy atom. The van der Waals surface area contributed by atoms with Crippen LogP contribution in [0.25, 0.3) is 0 Å². The van der Waals surface area contributed by atoms with Crippen molar-refractivity contribution in [2.75, 3.05) is 33.4 Å². The molecule has 1 aliphatic rings. The van der Waals surface area contributed by atoms with Gasteiger partial charge in [0.05, 0.1) is 18.8 Å². The molecular formula is C19H21FN2O4. The van der Waals surface area contributed by atoms with Crippen molar-refractivity contribution in [3.05, 3.63) is 59.8 Å². The molecule has 0 aliphatic carbocycles. The average Bonchev–Trinajstić information content (AvgIpc) is 3.31. The van der Waals surface area contributed by atoms with Gasteiger partial charge in [-0.05, 0) is 29.8 Å². The van der Waals surface area contributed by atoms with Gasteiger partial charge >= 0.3 is 0 Å². The largest absolute Gasteiger partial charge is 0.459 e. The molecule has 1 fully saturated rings. The van der Waals surface area contributed by atoms with Gasteiger partial charge in [-0.15, -0.1) is 0 Å². The van der Waals surface area contributed by atoms with E-state index in [-0.39, 0.29) is 35.9 Å². The lowest BCUT2D eigenvalue weighted by atomic mass is 9.88. The lowest BCUT2D eigenvalue weighted by molar-refractivity contribution is -0.125. The van der Waals surface area contributed by atoms with E-state index >= 15 is 0 Å². The molecule has 2 heterocycles. The summed E-state index contributed by atoms with van der Waals surface area (Å²) >= 11 is 0. The van der Waals surface area contributed by atoms with Gasteiger partial charge in [-0.2, -0.15) is 0 Å². The maximum atomic E-state index is 13.7. The molecule has 2 atom stereocenters. The number of nitrogens with zero attached hydrogens (tertiary/aromatic N) is 1. The summed E-state index contributed by atoms with van der Waals surface area (Å²) in [6.45, 7) is 1.36. The van der Waals surface area contributed by atoms with Crippen molar-refractivity contribution in [2.45, 2.75) is 5.92 Å². The first-order valence-electron chi connectivity index (χ1n) is 8.45. The maximum absolute atomic E-state index is 13.7. The topological polar surface area (TPSA) is 71.8 Å². The molecule has 2 amide bonds. The predicted octanol–water partition coefficient (Wildman–Crippen LogP) is 2.04. The molecule has 2 aromatic rings. The van der Waals surface area contributed by atoms with E-state index in [1.807, 2.05) is 0 Å². The Labute approximate surface area is 150 Å². The quantitative estimate of drug-likeness (QED) is 0.800. The van der Waals surface area contributed by atoms with E-state index in [0.717, 1.165) is 0 Å². The van der Waals surface area contributed by atoms with Crippen LogP contribution in [-0.4, -0.2) is 50.1 Å². The maximum Gasteiger partial charge on any atom is 0.289 e. The summed E-state index contributed by atoms with van der Waals surface area (Å²) in [5, 5.41) is 2.82. The number of amides is 2. The van der Waals surface area contributed by atoms with Crippen molar-refractivity contribution in [3.8, 4) is 0 Å². The molecule has 1 aromatic carbocycles. The third kappa shape index (κ3) is 3.94. The summed E-state index contributed by atoms with van der Waals surface area (Å²) < 4.78 is 23.8. The zero-order valence-electron chi connectivity index (χ0n) is 14.5. The highest BCUT2D eigenvalue weighted by atomic mass is 19.1. The van der Waals surface area contributed by atoms with Crippen LogP contribution >= 0.6 is 0 Å². The van der Waals surface area contributed by atoms with Crippen LogP contribution < -0.4 is 5.32 Å². The van der Waals surface area contributed by atoms with E-state index in [1.54, 1.807) is 36.3 Å². The highest BCUT2D eigenvalue weighted by Crippen LogP contribution is 2.34. The van der Waals surface area contributed by atoms with Gasteiger partial charge in [0.25, 0.3) is 5.91 Å². The number of halogens is 1. The van der Waals surface area contributed by atoms with Gasteiger partial charge in [0.1, 0.15) is 5.82 Å². The molecule has 1 N–H and O–H groups in total. The first-order valence-corrected chi connectivity index (χ1v) is 8.45. The molecule has 6 nitrogen and oxygen atoms in total. The number of rotatable bonds is 6. The van der Waals surface area contributed by atoms with E-state index in [1.165, 1.54) is 18.4 Å². The van der Waals surface area contributed by atoms with Gasteiger partial charge < -0.3 is 19.4 Å². The molecule has 0 bridgehead atoms. The van der Waals surface area contributed by atoms with Crippen LogP contribution in [0.15, 0.2) is 47.1 Å². The van der Waals surface area contributed by atoms with Crippen LogP contribution in [0.5, 0.6) is 0 Å². The van der Waals surface area contributed by atoms with Crippen molar-refractivity contribution >= 4 is 11.8 Å². The molecule has 1 aliphatic heterocycles. The second kappa shape index (κ2) is 8.14. The molecule has 26 heavy (non-hydrogen) atoms. The number of hydrogen-bond donors (Lipinski definition) is 1. The first-order chi connectivity index (χ1) is 12.6. The highest BCUT2D eigenvalue weighted by molar-refractivity contribution is 5.92. The fraction of sp³-hybridized carbons (Fsp3) is 0.368. The second-order valence-corrected chi connectivity index (χ2v) is 6.24. The lowest BCUT2D eigenvalue weighted by Gasteiger charge is -2.18. The van der Waals surface area contributed by atoms with Crippen molar-refractivity contribution in [1.29, 1.82) is 0 Å². The summed E-state index contributed by atoms with van der Waals surface area (Å²) in [5.74, 6) is -1.34. The van der Waals surface area contributed by atoms with Crippen molar-refractivity contribution in [2.24, 2.45) is 5.92 Å². The van der Waals surface area contributed by atoms with Crippen molar-refractivity contribution in [3.63, 3.8) is 0 Å². The van der Waals surface area contributed by atoms with Crippen LogP contribution in [-0.2, 0) is 9.53 Å². The molecule has 1 saturated heterocycles. The molecule has 3 rings (SSSR count). The van der Waals surface area contributed by atoms with E-state index in [0.29, 0.717) is 25.3 Å². The zero-order valence-corrected chi connectivity index (χ0v) is 14.5. The van der Waals surface area contributed by atoms with Crippen molar-refractivity contribution in [1.82, 2.24) is 10.2 Å². The molecule has 1 aromatic heterocycles. The number of carbonyl (C=O) groups excluding carboxylic acids is 2. The summed E-state index contributed by atoms with van der Waals surface area (Å²) in [7, 11) is 1.56. The summed E-state index contributed by atoms with van der Waals surface area (Å²) in [6, 6.07) is 9.40. The third-order valence-electron chi connectivity index (χ3n) is 4.56. The number of nitrogens with one attached hydrogen (secondary N) is 1. The number of methoxy groups -OCH3 is 1. The van der Waals surface area contributed by atoms with E-state index in [4.69, 9.17) is 9.15 Å². The Kier molecular flexibility index (Phi) is 5.68. The van der Waals surface area contributed by atoms with Gasteiger partial charge in [-0.25, -0.2) is 4.39 Å². The Balaban J connectivity index is 1.81. The summed E-state index contributed by atoms with van der Waals surface area (Å²) in [5.41, 5.74) is 0.701. The predicted molar refractivity (Wildman–Crippen MR) is 92.1 cm³/mol. The smallest absolute Gasteiger partial charge is 0.289 e. The number of likely N-dealkylation sites (tertiary alicyclic amines) is 1. The lowest BCUT2D eigenvalue weighted by Crippen LogP contribution is -2.37. The second-order valence-electron chi connectivity index (χ2n) is 6.24. The molecular weight excluding hydrogens is 339 g/mol. The average molecular weight is 360 g/mol. The number of furan rings is 1. The standard InChI is InChI=1S/C19H21FN2O4/c1-25-9-7-21-18(23)16-12-22(19(24)17-6-3-8-26-17)11-15(16)13-4-2-5-14(20)10-13/h2-6,8,10,15-16H,7,9,11-12H2,1H3,(H,21,23). The van der Waals surface area contributed by atoms with Crippen LogP contribution in [0.2, 0.25) is 0 Å². The monoisotopic (exact) mass is 360 g/mol. The molecule has 0 spiro atoms. The molecule has 0 saturated carbocycles. The van der Waals surface area contributed by atoms with E-state index in [9.17, 15) is 14.0 Å². The van der Waals surface area contributed by atoms with Gasteiger partial charge in [0, 0.05) is 32.7 Å². The Hall–Kier alpha value is -2.67. The Bertz CT molecular complexity index is 763. The SMILES string of the molecule is COCCNC(=O)C1CN(C(=O)c2ccco2)CC1c1cccc(F)c1. The first kappa shape index (κ1) is 18.1. The van der Waals surface area contributed by atoms with Crippen LogP contribution in [0.1, 0.15) is 22.0 Å². The van der Waals surface area contributed by atoms with Gasteiger partial charge in [-0.1, -0.05) is 12.1 Å². The molecule has 0 radical (unpaired) electrons. The minimum absolute atomic E-state index is 0.175. The van der Waals surface area contributed by atoms with E-state index in [2.05, 4.69) is 5.32 Å². The fourth-order valence-electron chi connectivity index (χ4n) is 3.27. The Morgan fingerprint density at radius 3 is 2.85 bits per heavy atom.